The molecule has 8 nitrogen and oxygen atoms in total. The van der Waals surface area contributed by atoms with Crippen molar-refractivity contribution >= 4 is 5.96 Å². The zero-order valence-electron chi connectivity index (χ0n) is 16.0. The zero-order chi connectivity index (χ0) is 18.9. The molecule has 0 aliphatic carbocycles. The van der Waals surface area contributed by atoms with Gasteiger partial charge in [-0.25, -0.2) is 0 Å². The number of guanidine groups is 1. The lowest BCUT2D eigenvalue weighted by Crippen LogP contribution is -2.37. The molecule has 2 N–H and O–H groups in total. The van der Waals surface area contributed by atoms with Crippen molar-refractivity contribution in [1.29, 1.82) is 0 Å². The minimum atomic E-state index is 0.573. The van der Waals surface area contributed by atoms with Crippen LogP contribution in [-0.4, -0.2) is 50.7 Å². The summed E-state index contributed by atoms with van der Waals surface area (Å²) in [7, 11) is 8.45. The van der Waals surface area contributed by atoms with E-state index < -0.39 is 0 Å². The van der Waals surface area contributed by atoms with Gasteiger partial charge in [0.25, 0.3) is 0 Å². The number of aromatic nitrogens is 2. The molecule has 0 saturated heterocycles. The molecule has 0 radical (unpaired) electrons. The van der Waals surface area contributed by atoms with E-state index in [1.165, 1.54) is 5.56 Å². The van der Waals surface area contributed by atoms with Crippen LogP contribution in [0, 0.1) is 0 Å². The Morgan fingerprint density at radius 2 is 1.77 bits per heavy atom. The van der Waals surface area contributed by atoms with Crippen LogP contribution < -0.4 is 24.8 Å². The summed E-state index contributed by atoms with van der Waals surface area (Å²) in [6, 6.07) is 3.83. The highest BCUT2D eigenvalue weighted by molar-refractivity contribution is 5.79. The maximum Gasteiger partial charge on any atom is 0.203 e. The van der Waals surface area contributed by atoms with E-state index >= 15 is 0 Å². The lowest BCUT2D eigenvalue weighted by molar-refractivity contribution is 0.323. The normalized spacial score (nSPS) is 11.2. The monoisotopic (exact) mass is 361 g/mol. The molecule has 0 saturated carbocycles. The van der Waals surface area contributed by atoms with Crippen LogP contribution in [0.5, 0.6) is 17.2 Å². The maximum absolute atomic E-state index is 5.38. The molecule has 142 valence electrons. The molecule has 0 amide bonds. The van der Waals surface area contributed by atoms with Crippen molar-refractivity contribution in [2.24, 2.45) is 12.0 Å². The number of nitrogens with one attached hydrogen (secondary N) is 2. The molecule has 0 aliphatic rings. The summed E-state index contributed by atoms with van der Waals surface area (Å²) in [6.07, 6.45) is 4.75. The molecule has 2 aromatic rings. The van der Waals surface area contributed by atoms with Gasteiger partial charge < -0.3 is 24.8 Å². The Balaban J connectivity index is 1.93. The van der Waals surface area contributed by atoms with Gasteiger partial charge in [0.1, 0.15) is 0 Å². The Hall–Kier alpha value is -2.90. The van der Waals surface area contributed by atoms with Gasteiger partial charge in [0.05, 0.1) is 27.5 Å². The smallest absolute Gasteiger partial charge is 0.203 e. The van der Waals surface area contributed by atoms with Gasteiger partial charge >= 0.3 is 0 Å². The first-order chi connectivity index (χ1) is 12.6. The van der Waals surface area contributed by atoms with Crippen molar-refractivity contribution in [1.82, 2.24) is 20.4 Å². The van der Waals surface area contributed by atoms with Crippen LogP contribution in [0.25, 0.3) is 0 Å². The molecule has 0 aliphatic heterocycles. The first-order valence-corrected chi connectivity index (χ1v) is 8.32. The molecule has 0 bridgehead atoms. The van der Waals surface area contributed by atoms with E-state index in [4.69, 9.17) is 14.2 Å². The van der Waals surface area contributed by atoms with E-state index in [-0.39, 0.29) is 0 Å². The molecule has 1 aromatic carbocycles. The SMILES string of the molecule is CN=C(NCCc1cnn(C)c1)NCc1cc(OC)c(OC)c(OC)c1. The number of aliphatic imine (C=N–C) groups is 1. The second-order valence-electron chi connectivity index (χ2n) is 5.66. The summed E-state index contributed by atoms with van der Waals surface area (Å²) >= 11 is 0. The van der Waals surface area contributed by atoms with E-state index in [0.29, 0.717) is 23.8 Å². The highest BCUT2D eigenvalue weighted by Gasteiger charge is 2.13. The number of rotatable bonds is 8. The molecule has 8 heteroatoms. The molecule has 1 aromatic heterocycles. The summed E-state index contributed by atoms with van der Waals surface area (Å²) in [5.74, 6) is 2.56. The van der Waals surface area contributed by atoms with Crippen LogP contribution in [0.2, 0.25) is 0 Å². The van der Waals surface area contributed by atoms with E-state index in [1.54, 1.807) is 33.1 Å². The van der Waals surface area contributed by atoms with E-state index in [9.17, 15) is 0 Å². The second kappa shape index (κ2) is 9.55. The van der Waals surface area contributed by atoms with E-state index in [0.717, 1.165) is 24.5 Å². The molecule has 0 spiro atoms. The van der Waals surface area contributed by atoms with Crippen LogP contribution in [-0.2, 0) is 20.0 Å². The summed E-state index contributed by atoms with van der Waals surface area (Å²) in [5.41, 5.74) is 2.18. The molecule has 0 fully saturated rings. The van der Waals surface area contributed by atoms with Crippen LogP contribution >= 0.6 is 0 Å². The molecule has 1 heterocycles. The Bertz CT molecular complexity index is 717. The molecular weight excluding hydrogens is 334 g/mol. The minimum absolute atomic E-state index is 0.573. The van der Waals surface area contributed by atoms with Gasteiger partial charge in [-0.3, -0.25) is 9.67 Å². The Morgan fingerprint density at radius 3 is 2.27 bits per heavy atom. The van der Waals surface area contributed by atoms with Gasteiger partial charge in [-0.2, -0.15) is 5.10 Å². The van der Waals surface area contributed by atoms with Crippen LogP contribution in [0.15, 0.2) is 29.5 Å². The second-order valence-corrected chi connectivity index (χ2v) is 5.66. The third-order valence-electron chi connectivity index (χ3n) is 3.87. The van der Waals surface area contributed by atoms with Crippen molar-refractivity contribution in [3.05, 3.63) is 35.7 Å². The summed E-state index contributed by atoms with van der Waals surface area (Å²) in [6.45, 7) is 1.34. The zero-order valence-corrected chi connectivity index (χ0v) is 16.0. The molecule has 0 atom stereocenters. The Morgan fingerprint density at radius 1 is 1.08 bits per heavy atom. The number of aryl methyl sites for hydroxylation is 1. The Kier molecular flexibility index (Phi) is 7.13. The number of hydrogen-bond donors (Lipinski definition) is 2. The largest absolute Gasteiger partial charge is 0.493 e. The van der Waals surface area contributed by atoms with Crippen molar-refractivity contribution in [2.45, 2.75) is 13.0 Å². The molecule has 2 rings (SSSR count). The number of hydrogen-bond acceptors (Lipinski definition) is 5. The Labute approximate surface area is 154 Å². The van der Waals surface area contributed by atoms with Crippen LogP contribution in [0.3, 0.4) is 0 Å². The third-order valence-corrected chi connectivity index (χ3v) is 3.87. The number of benzene rings is 1. The summed E-state index contributed by atoms with van der Waals surface area (Å²) in [4.78, 5) is 4.24. The average Bonchev–Trinajstić information content (AvgIpc) is 3.08. The van der Waals surface area contributed by atoms with Gasteiger partial charge in [0, 0.05) is 33.4 Å². The summed E-state index contributed by atoms with van der Waals surface area (Å²) < 4.78 is 17.9. The first-order valence-electron chi connectivity index (χ1n) is 8.32. The predicted molar refractivity (Wildman–Crippen MR) is 101 cm³/mol. The number of nitrogens with zero attached hydrogens (tertiary/aromatic N) is 3. The van der Waals surface area contributed by atoms with Gasteiger partial charge in [-0.05, 0) is 29.7 Å². The first kappa shape index (κ1) is 19.4. The highest BCUT2D eigenvalue weighted by Crippen LogP contribution is 2.38. The van der Waals surface area contributed by atoms with Crippen molar-refractivity contribution < 1.29 is 14.2 Å². The fourth-order valence-corrected chi connectivity index (χ4v) is 2.57. The minimum Gasteiger partial charge on any atom is -0.493 e. The van der Waals surface area contributed by atoms with Crippen molar-refractivity contribution in [3.8, 4) is 17.2 Å². The van der Waals surface area contributed by atoms with Gasteiger partial charge in [0.2, 0.25) is 5.75 Å². The average molecular weight is 361 g/mol. The topological polar surface area (TPSA) is 81.9 Å². The van der Waals surface area contributed by atoms with Crippen molar-refractivity contribution in [2.75, 3.05) is 34.9 Å². The third kappa shape index (κ3) is 5.05. The van der Waals surface area contributed by atoms with Crippen LogP contribution in [0.1, 0.15) is 11.1 Å². The van der Waals surface area contributed by atoms with E-state index in [1.807, 2.05) is 31.6 Å². The quantitative estimate of drug-likeness (QED) is 0.546. The summed E-state index contributed by atoms with van der Waals surface area (Å²) in [5, 5.41) is 10.7. The maximum atomic E-state index is 5.38. The fraction of sp³-hybridized carbons (Fsp3) is 0.444. The molecule has 26 heavy (non-hydrogen) atoms. The lowest BCUT2D eigenvalue weighted by Gasteiger charge is -2.15. The van der Waals surface area contributed by atoms with E-state index in [2.05, 4.69) is 20.7 Å². The lowest BCUT2D eigenvalue weighted by atomic mass is 10.2. The van der Waals surface area contributed by atoms with Gasteiger partial charge in [-0.15, -0.1) is 0 Å². The van der Waals surface area contributed by atoms with Gasteiger partial charge in [-0.1, -0.05) is 0 Å². The highest BCUT2D eigenvalue weighted by atomic mass is 16.5. The molecule has 0 unspecified atom stereocenters. The number of methoxy groups -OCH3 is 3. The van der Waals surface area contributed by atoms with Gasteiger partial charge in [0.15, 0.2) is 17.5 Å². The fourth-order valence-electron chi connectivity index (χ4n) is 2.57. The standard InChI is InChI=1S/C18H27N5O3/c1-19-18(20-7-6-13-11-22-23(2)12-13)21-10-14-8-15(24-3)17(26-5)16(9-14)25-4/h8-9,11-12H,6-7,10H2,1-5H3,(H2,19,20,21). The van der Waals surface area contributed by atoms with Crippen molar-refractivity contribution in [3.63, 3.8) is 0 Å². The predicted octanol–water partition coefficient (Wildman–Crippen LogP) is 1.35. The number of ether oxygens (including phenoxy) is 3. The molecular formula is C18H27N5O3. The van der Waals surface area contributed by atoms with Crippen LogP contribution in [0.4, 0.5) is 0 Å².